The van der Waals surface area contributed by atoms with Crippen molar-refractivity contribution >= 4 is 25.9 Å². The summed E-state index contributed by atoms with van der Waals surface area (Å²) in [5.41, 5.74) is 17.6. The van der Waals surface area contributed by atoms with Crippen molar-refractivity contribution in [1.29, 1.82) is 0 Å². The maximum absolute atomic E-state index is 13.2. The van der Waals surface area contributed by atoms with Gasteiger partial charge in [0.1, 0.15) is 21.8 Å². The first-order valence-electron chi connectivity index (χ1n) is 10.0. The SMILES string of the molecule is Nc1ncccc1-c1ccc(S(=O)(=O)NC[C@@H]2CNCCN2)c(S(N)(=O)=O)c1C1NNNN1. The second kappa shape index (κ2) is 9.55. The van der Waals surface area contributed by atoms with E-state index in [1.54, 1.807) is 12.1 Å². The number of hydrogen-bond acceptors (Lipinski definition) is 12. The summed E-state index contributed by atoms with van der Waals surface area (Å²) in [6.07, 6.45) is 0.623. The molecule has 0 saturated carbocycles. The fourth-order valence-corrected chi connectivity index (χ4v) is 6.53. The largest absolute Gasteiger partial charge is 0.383 e. The number of hydrazine groups is 3. The standard InChI is InChI=1S/C17H26N10O4S2/c18-16-12(2-1-5-22-16)11-3-4-13(33(30,31)23-9-10-8-20-6-7-21-10)15(32(19,28)29)14(11)17-24-26-27-25-17/h1-5,10,17,20-21,23-27H,6-9H2,(H2,18,22)(H2,19,28,29)/t10-/m0/s1. The van der Waals surface area contributed by atoms with Gasteiger partial charge in [0, 0.05) is 49.5 Å². The quantitative estimate of drug-likeness (QED) is 0.186. The van der Waals surface area contributed by atoms with Crippen molar-refractivity contribution in [2.24, 2.45) is 5.14 Å². The Morgan fingerprint density at radius 2 is 1.82 bits per heavy atom. The van der Waals surface area contributed by atoms with E-state index >= 15 is 0 Å². The van der Waals surface area contributed by atoms with E-state index in [9.17, 15) is 16.8 Å². The summed E-state index contributed by atoms with van der Waals surface area (Å²) in [5, 5.41) is 11.9. The number of sulfonamides is 2. The maximum atomic E-state index is 13.2. The van der Waals surface area contributed by atoms with E-state index in [-0.39, 0.29) is 24.0 Å². The predicted molar refractivity (Wildman–Crippen MR) is 121 cm³/mol. The smallest absolute Gasteiger partial charge is 0.241 e. The molecule has 14 nitrogen and oxygen atoms in total. The Morgan fingerprint density at radius 1 is 1.06 bits per heavy atom. The van der Waals surface area contributed by atoms with Gasteiger partial charge in [-0.05, 0) is 23.8 Å². The first-order chi connectivity index (χ1) is 15.7. The van der Waals surface area contributed by atoms with Crippen LogP contribution in [0.4, 0.5) is 5.82 Å². The molecule has 2 saturated heterocycles. The van der Waals surface area contributed by atoms with E-state index in [2.05, 4.69) is 42.3 Å². The summed E-state index contributed by atoms with van der Waals surface area (Å²) < 4.78 is 54.5. The fraction of sp³-hybridized carbons (Fsp3) is 0.353. The topological polar surface area (TPSA) is 217 Å². The van der Waals surface area contributed by atoms with Crippen molar-refractivity contribution in [2.75, 3.05) is 31.9 Å². The van der Waals surface area contributed by atoms with Gasteiger partial charge in [-0.15, -0.1) is 0 Å². The molecule has 2 fully saturated rings. The van der Waals surface area contributed by atoms with Crippen LogP contribution in [0.15, 0.2) is 40.3 Å². The Kier molecular flexibility index (Phi) is 6.91. The molecule has 1 atom stereocenters. The summed E-state index contributed by atoms with van der Waals surface area (Å²) in [4.78, 5) is 3.03. The Morgan fingerprint density at radius 3 is 2.45 bits per heavy atom. The number of hydrogen-bond donors (Lipinski definition) is 9. The molecular formula is C17H26N10O4S2. The van der Waals surface area contributed by atoms with Crippen molar-refractivity contribution in [2.45, 2.75) is 22.0 Å². The van der Waals surface area contributed by atoms with Gasteiger partial charge in [0.05, 0.1) is 0 Å². The first kappa shape index (κ1) is 23.9. The normalized spacial score (nSPS) is 20.2. The van der Waals surface area contributed by atoms with Crippen LogP contribution in [0.2, 0.25) is 0 Å². The summed E-state index contributed by atoms with van der Waals surface area (Å²) in [6.45, 7) is 2.11. The van der Waals surface area contributed by atoms with Gasteiger partial charge in [-0.1, -0.05) is 6.07 Å². The number of anilines is 1. The number of nitrogens with one attached hydrogen (secondary N) is 7. The Hall–Kier alpha value is -2.25. The van der Waals surface area contributed by atoms with Gasteiger partial charge in [0.25, 0.3) is 0 Å². The summed E-state index contributed by atoms with van der Waals surface area (Å²) in [5.74, 6) is 0.141. The zero-order valence-electron chi connectivity index (χ0n) is 17.4. The van der Waals surface area contributed by atoms with E-state index in [1.165, 1.54) is 18.3 Å². The molecule has 2 aliphatic rings. The molecule has 1 aromatic carbocycles. The van der Waals surface area contributed by atoms with Crippen LogP contribution in [-0.2, 0) is 20.0 Å². The molecule has 2 aliphatic heterocycles. The summed E-state index contributed by atoms with van der Waals surface area (Å²) in [6, 6.07) is 5.82. The fourth-order valence-electron chi connectivity index (χ4n) is 3.79. The molecule has 1 aromatic heterocycles. The van der Waals surface area contributed by atoms with Crippen LogP contribution in [0.5, 0.6) is 0 Å². The van der Waals surface area contributed by atoms with E-state index in [0.29, 0.717) is 24.2 Å². The molecule has 16 heteroatoms. The lowest BCUT2D eigenvalue weighted by Gasteiger charge is -2.25. The lowest BCUT2D eigenvalue weighted by atomic mass is 9.98. The number of piperazine rings is 1. The van der Waals surface area contributed by atoms with Gasteiger partial charge in [0.2, 0.25) is 20.0 Å². The Labute approximate surface area is 191 Å². The number of nitrogens with zero attached hydrogens (tertiary/aromatic N) is 1. The average molecular weight is 499 g/mol. The molecule has 2 aromatic rings. The maximum Gasteiger partial charge on any atom is 0.241 e. The minimum atomic E-state index is -4.52. The van der Waals surface area contributed by atoms with Crippen molar-refractivity contribution in [3.8, 4) is 11.1 Å². The van der Waals surface area contributed by atoms with Crippen LogP contribution >= 0.6 is 0 Å². The number of nitrogen functional groups attached to an aromatic ring is 1. The molecule has 33 heavy (non-hydrogen) atoms. The Bertz CT molecular complexity index is 1230. The lowest BCUT2D eigenvalue weighted by Crippen LogP contribution is -2.53. The van der Waals surface area contributed by atoms with Gasteiger partial charge in [-0.2, -0.15) is 11.1 Å². The average Bonchev–Trinajstić information content (AvgIpc) is 3.32. The molecule has 180 valence electrons. The molecule has 0 aliphatic carbocycles. The summed E-state index contributed by atoms with van der Waals surface area (Å²) in [7, 11) is -8.77. The van der Waals surface area contributed by atoms with Crippen molar-refractivity contribution in [1.82, 2.24) is 42.3 Å². The highest BCUT2D eigenvalue weighted by Gasteiger charge is 2.34. The summed E-state index contributed by atoms with van der Waals surface area (Å²) >= 11 is 0. The highest BCUT2D eigenvalue weighted by Crippen LogP contribution is 2.38. The third-order valence-electron chi connectivity index (χ3n) is 5.29. The second-order valence-electron chi connectivity index (χ2n) is 7.51. The van der Waals surface area contributed by atoms with Crippen LogP contribution in [-0.4, -0.2) is 54.0 Å². The molecular weight excluding hydrogens is 472 g/mol. The third-order valence-corrected chi connectivity index (χ3v) is 7.90. The van der Waals surface area contributed by atoms with E-state index < -0.39 is 36.0 Å². The van der Waals surface area contributed by atoms with E-state index in [0.717, 1.165) is 6.54 Å². The molecule has 11 N–H and O–H groups in total. The van der Waals surface area contributed by atoms with Gasteiger partial charge in [-0.25, -0.2) is 42.5 Å². The minimum absolute atomic E-state index is 0.0646. The molecule has 0 unspecified atom stereocenters. The van der Waals surface area contributed by atoms with Crippen molar-refractivity contribution < 1.29 is 16.8 Å². The molecule has 0 bridgehead atoms. The van der Waals surface area contributed by atoms with Crippen LogP contribution in [0.3, 0.4) is 0 Å². The molecule has 4 rings (SSSR count). The predicted octanol–water partition coefficient (Wildman–Crippen LogP) is -3.07. The first-order valence-corrected chi connectivity index (χ1v) is 13.1. The highest BCUT2D eigenvalue weighted by atomic mass is 32.2. The van der Waals surface area contributed by atoms with Gasteiger partial charge >= 0.3 is 0 Å². The third kappa shape index (κ3) is 5.14. The van der Waals surface area contributed by atoms with Gasteiger partial charge < -0.3 is 16.4 Å². The molecule has 3 heterocycles. The molecule has 0 amide bonds. The van der Waals surface area contributed by atoms with Crippen LogP contribution in [0, 0.1) is 0 Å². The second-order valence-corrected chi connectivity index (χ2v) is 10.7. The van der Waals surface area contributed by atoms with Crippen molar-refractivity contribution in [3.63, 3.8) is 0 Å². The Balaban J connectivity index is 1.86. The van der Waals surface area contributed by atoms with Gasteiger partial charge in [0.15, 0.2) is 0 Å². The molecule has 0 radical (unpaired) electrons. The number of pyridine rings is 1. The van der Waals surface area contributed by atoms with E-state index in [1.807, 2.05) is 0 Å². The zero-order chi connectivity index (χ0) is 23.6. The number of nitrogens with two attached hydrogens (primary N) is 2. The van der Waals surface area contributed by atoms with Crippen LogP contribution in [0.1, 0.15) is 11.7 Å². The van der Waals surface area contributed by atoms with Crippen LogP contribution in [0.25, 0.3) is 11.1 Å². The van der Waals surface area contributed by atoms with Crippen molar-refractivity contribution in [3.05, 3.63) is 36.0 Å². The van der Waals surface area contributed by atoms with E-state index in [4.69, 9.17) is 10.9 Å². The van der Waals surface area contributed by atoms with Crippen LogP contribution < -0.4 is 48.1 Å². The van der Waals surface area contributed by atoms with Gasteiger partial charge in [-0.3, -0.25) is 0 Å². The highest BCUT2D eigenvalue weighted by molar-refractivity contribution is 7.92. The minimum Gasteiger partial charge on any atom is -0.383 e. The molecule has 0 spiro atoms. The number of benzene rings is 1. The number of aromatic nitrogens is 1. The number of primary sulfonamides is 1. The zero-order valence-corrected chi connectivity index (χ0v) is 19.1. The lowest BCUT2D eigenvalue weighted by molar-refractivity contribution is 0.414. The monoisotopic (exact) mass is 498 g/mol. The number of rotatable bonds is 7.